The van der Waals surface area contributed by atoms with Gasteiger partial charge in [0.15, 0.2) is 5.78 Å². The Balaban J connectivity index is 1.85. The van der Waals surface area contributed by atoms with Crippen LogP contribution in [0.25, 0.3) is 0 Å². The van der Waals surface area contributed by atoms with Crippen LogP contribution in [0.1, 0.15) is 33.6 Å². The van der Waals surface area contributed by atoms with Crippen LogP contribution < -0.4 is 0 Å². The monoisotopic (exact) mass is 262 g/mol. The van der Waals surface area contributed by atoms with Gasteiger partial charge >= 0.3 is 5.97 Å². The Bertz CT molecular complexity index is 534. The van der Waals surface area contributed by atoms with E-state index in [4.69, 9.17) is 9.47 Å². The van der Waals surface area contributed by atoms with Crippen molar-refractivity contribution < 1.29 is 19.1 Å². The van der Waals surface area contributed by atoms with E-state index in [0.29, 0.717) is 0 Å². The Labute approximate surface area is 112 Å². The van der Waals surface area contributed by atoms with Crippen molar-refractivity contribution in [1.29, 1.82) is 0 Å². The minimum absolute atomic E-state index is 0.00857. The lowest BCUT2D eigenvalue weighted by molar-refractivity contribution is -0.143. The predicted molar refractivity (Wildman–Crippen MR) is 66.2 cm³/mol. The van der Waals surface area contributed by atoms with Gasteiger partial charge in [0.2, 0.25) is 0 Å². The molecular weight excluding hydrogens is 244 g/mol. The lowest BCUT2D eigenvalue weighted by Gasteiger charge is -2.43. The fraction of sp³-hybridized carbons (Fsp3) is 0.733. The number of ketones is 1. The lowest BCUT2D eigenvalue weighted by Crippen LogP contribution is -2.46. The second kappa shape index (κ2) is 3.29. The third-order valence-electron chi connectivity index (χ3n) is 5.69. The van der Waals surface area contributed by atoms with Crippen LogP contribution in [0.15, 0.2) is 11.1 Å². The van der Waals surface area contributed by atoms with Crippen LogP contribution in [0.3, 0.4) is 0 Å². The topological polar surface area (TPSA) is 55.9 Å². The van der Waals surface area contributed by atoms with Crippen LogP contribution in [0.4, 0.5) is 0 Å². The first-order chi connectivity index (χ1) is 8.95. The van der Waals surface area contributed by atoms with Gasteiger partial charge in [-0.25, -0.2) is 0 Å². The summed E-state index contributed by atoms with van der Waals surface area (Å²) in [6, 6.07) is 0. The van der Waals surface area contributed by atoms with Crippen LogP contribution in [0.5, 0.6) is 0 Å². The maximum absolute atomic E-state index is 12.2. The molecule has 0 radical (unpaired) electrons. The van der Waals surface area contributed by atoms with Crippen molar-refractivity contribution in [3.8, 4) is 0 Å². The molecule has 2 saturated heterocycles. The average molecular weight is 262 g/mol. The van der Waals surface area contributed by atoms with Gasteiger partial charge in [-0.2, -0.15) is 0 Å². The van der Waals surface area contributed by atoms with E-state index in [-0.39, 0.29) is 47.3 Å². The number of carbonyl (C=O) groups excluding carboxylic acids is 2. The van der Waals surface area contributed by atoms with Gasteiger partial charge in [0.25, 0.3) is 0 Å². The lowest BCUT2D eigenvalue weighted by atomic mass is 9.59. The summed E-state index contributed by atoms with van der Waals surface area (Å²) < 4.78 is 11.2. The zero-order valence-corrected chi connectivity index (χ0v) is 11.4. The smallest absolute Gasteiger partial charge is 0.309 e. The second-order valence-corrected chi connectivity index (χ2v) is 6.65. The van der Waals surface area contributed by atoms with Crippen molar-refractivity contribution in [3.05, 3.63) is 11.1 Å². The van der Waals surface area contributed by atoms with E-state index in [9.17, 15) is 9.59 Å². The highest BCUT2D eigenvalue weighted by atomic mass is 16.6. The van der Waals surface area contributed by atoms with E-state index in [1.54, 1.807) is 0 Å². The summed E-state index contributed by atoms with van der Waals surface area (Å²) in [5, 5.41) is 0. The number of Topliss-reactive ketones (excluding diaryl/α,β-unsaturated/α-hetero) is 1. The fourth-order valence-electron chi connectivity index (χ4n) is 4.44. The standard InChI is InChI=1S/C15H18O4/c1-6-8-4-5-15(3)9(11(8)19-14(6)17)7(2)10(16)12-13(15)18-12/h6,8,11-13H,4-5H2,1-3H3. The Kier molecular flexibility index (Phi) is 2.02. The maximum Gasteiger partial charge on any atom is 0.309 e. The van der Waals surface area contributed by atoms with Crippen LogP contribution in [0.2, 0.25) is 0 Å². The Morgan fingerprint density at radius 2 is 2.00 bits per heavy atom. The molecule has 2 aliphatic carbocycles. The number of hydrogen-bond acceptors (Lipinski definition) is 4. The normalized spacial score (nSPS) is 51.4. The maximum atomic E-state index is 12.2. The summed E-state index contributed by atoms with van der Waals surface area (Å²) in [6.45, 7) is 5.97. The molecule has 19 heavy (non-hydrogen) atoms. The number of epoxide rings is 1. The Hall–Kier alpha value is -1.16. The van der Waals surface area contributed by atoms with Crippen LogP contribution >= 0.6 is 0 Å². The molecule has 6 atom stereocenters. The van der Waals surface area contributed by atoms with E-state index in [1.165, 1.54) is 0 Å². The first kappa shape index (κ1) is 11.6. The number of ether oxygens (including phenoxy) is 2. The second-order valence-electron chi connectivity index (χ2n) is 6.65. The molecule has 0 N–H and O–H groups in total. The van der Waals surface area contributed by atoms with Crippen molar-refractivity contribution >= 4 is 11.8 Å². The van der Waals surface area contributed by atoms with E-state index in [0.717, 1.165) is 24.0 Å². The average Bonchev–Trinajstić information content (AvgIpc) is 3.12. The Morgan fingerprint density at radius 3 is 2.74 bits per heavy atom. The molecule has 4 heteroatoms. The van der Waals surface area contributed by atoms with Crippen molar-refractivity contribution in [2.45, 2.75) is 51.9 Å². The molecule has 1 saturated carbocycles. The van der Waals surface area contributed by atoms with Crippen molar-refractivity contribution in [2.24, 2.45) is 17.3 Å². The van der Waals surface area contributed by atoms with Crippen LogP contribution in [0, 0.1) is 17.3 Å². The summed E-state index contributed by atoms with van der Waals surface area (Å²) >= 11 is 0. The number of rotatable bonds is 0. The quantitative estimate of drug-likeness (QED) is 0.492. The van der Waals surface area contributed by atoms with E-state index < -0.39 is 0 Å². The molecule has 4 rings (SSSR count). The minimum atomic E-state index is -0.236. The third kappa shape index (κ3) is 1.23. The Morgan fingerprint density at radius 1 is 1.26 bits per heavy atom. The van der Waals surface area contributed by atoms with Gasteiger partial charge in [-0.15, -0.1) is 0 Å². The zero-order chi connectivity index (χ0) is 13.5. The van der Waals surface area contributed by atoms with Crippen LogP contribution in [-0.4, -0.2) is 30.1 Å². The highest BCUT2D eigenvalue weighted by Gasteiger charge is 2.66. The molecule has 4 nitrogen and oxygen atoms in total. The molecule has 0 aromatic heterocycles. The molecule has 6 unspecified atom stereocenters. The number of esters is 1. The molecule has 102 valence electrons. The largest absolute Gasteiger partial charge is 0.457 e. The van der Waals surface area contributed by atoms with Gasteiger partial charge < -0.3 is 9.47 Å². The van der Waals surface area contributed by atoms with Gasteiger partial charge in [0, 0.05) is 11.3 Å². The molecule has 2 aliphatic heterocycles. The van der Waals surface area contributed by atoms with Gasteiger partial charge in [-0.1, -0.05) is 13.8 Å². The summed E-state index contributed by atoms with van der Waals surface area (Å²) in [5.41, 5.74) is 1.71. The number of fused-ring (bicyclic) bond motifs is 5. The first-order valence-corrected chi connectivity index (χ1v) is 7.06. The highest BCUT2D eigenvalue weighted by molar-refractivity contribution is 6.03. The molecule has 0 amide bonds. The summed E-state index contributed by atoms with van der Waals surface area (Å²) in [7, 11) is 0. The predicted octanol–water partition coefficient (Wildman–Crippen LogP) is 1.63. The van der Waals surface area contributed by atoms with Gasteiger partial charge in [0.1, 0.15) is 18.3 Å². The molecular formula is C15H18O4. The van der Waals surface area contributed by atoms with Gasteiger partial charge in [-0.05, 0) is 30.9 Å². The van der Waals surface area contributed by atoms with Gasteiger partial charge in [0.05, 0.1) is 5.92 Å². The molecule has 0 spiro atoms. The first-order valence-electron chi connectivity index (χ1n) is 7.06. The van der Waals surface area contributed by atoms with E-state index >= 15 is 0 Å². The number of hydrogen-bond donors (Lipinski definition) is 0. The van der Waals surface area contributed by atoms with Crippen molar-refractivity contribution in [3.63, 3.8) is 0 Å². The molecule has 0 aromatic rings. The third-order valence-corrected chi connectivity index (χ3v) is 5.69. The number of carbonyl (C=O) groups is 2. The van der Waals surface area contributed by atoms with E-state index in [1.807, 2.05) is 13.8 Å². The highest BCUT2D eigenvalue weighted by Crippen LogP contribution is 2.59. The molecule has 2 heterocycles. The fourth-order valence-corrected chi connectivity index (χ4v) is 4.44. The summed E-state index contributed by atoms with van der Waals surface area (Å²) in [4.78, 5) is 24.0. The molecule has 0 bridgehead atoms. The van der Waals surface area contributed by atoms with Crippen LogP contribution in [-0.2, 0) is 19.1 Å². The molecule has 3 fully saturated rings. The van der Waals surface area contributed by atoms with E-state index in [2.05, 4.69) is 6.92 Å². The minimum Gasteiger partial charge on any atom is -0.457 e. The van der Waals surface area contributed by atoms with Crippen molar-refractivity contribution in [1.82, 2.24) is 0 Å². The SMILES string of the molecule is CC1=C2C3OC(=O)C(C)C3CCC2(C)C2OC2C1=O. The zero-order valence-electron chi connectivity index (χ0n) is 11.4. The summed E-state index contributed by atoms with van der Waals surface area (Å²) in [6.07, 6.45) is 1.53. The molecule has 4 aliphatic rings. The summed E-state index contributed by atoms with van der Waals surface area (Å²) in [5.74, 6) is 0.149. The van der Waals surface area contributed by atoms with Gasteiger partial charge in [-0.3, -0.25) is 9.59 Å². The molecule has 0 aromatic carbocycles. The van der Waals surface area contributed by atoms with Crippen molar-refractivity contribution in [2.75, 3.05) is 0 Å².